The lowest BCUT2D eigenvalue weighted by atomic mass is 9.95. The van der Waals surface area contributed by atoms with Gasteiger partial charge in [0, 0.05) is 30.6 Å². The molecule has 27 heavy (non-hydrogen) atoms. The number of hydrogen-bond donors (Lipinski definition) is 1. The number of aromatic nitrogens is 5. The summed E-state index contributed by atoms with van der Waals surface area (Å²) in [5, 5.41) is 16.8. The fourth-order valence-corrected chi connectivity index (χ4v) is 3.92. The van der Waals surface area contributed by atoms with Gasteiger partial charge in [-0.1, -0.05) is 17.7 Å². The lowest BCUT2D eigenvalue weighted by Gasteiger charge is -2.30. The molecular formula is C20H20N6O. The minimum atomic E-state index is -0.00333. The second-order valence-corrected chi connectivity index (χ2v) is 7.17. The third-order valence-electron chi connectivity index (χ3n) is 5.41. The van der Waals surface area contributed by atoms with Crippen molar-refractivity contribution in [2.45, 2.75) is 25.7 Å². The lowest BCUT2D eigenvalue weighted by Crippen LogP contribution is -2.38. The molecule has 7 heteroatoms. The van der Waals surface area contributed by atoms with Gasteiger partial charge >= 0.3 is 0 Å². The lowest BCUT2D eigenvalue weighted by molar-refractivity contribution is 0.0707. The van der Waals surface area contributed by atoms with Gasteiger partial charge in [-0.25, -0.2) is 0 Å². The molecule has 0 atom stereocenters. The molecule has 0 unspecified atom stereocenters. The maximum Gasteiger partial charge on any atom is 0.274 e. The molecule has 1 saturated heterocycles. The van der Waals surface area contributed by atoms with Crippen LogP contribution in [-0.4, -0.2) is 48.7 Å². The van der Waals surface area contributed by atoms with Crippen LogP contribution in [-0.2, 0) is 0 Å². The molecule has 1 N–H and O–H groups in total. The van der Waals surface area contributed by atoms with Crippen LogP contribution in [0.25, 0.3) is 16.6 Å². The number of aromatic amines is 1. The predicted molar refractivity (Wildman–Crippen MR) is 102 cm³/mol. The summed E-state index contributed by atoms with van der Waals surface area (Å²) in [6, 6.07) is 11.9. The number of aryl methyl sites for hydroxylation is 1. The molecule has 1 aliphatic heterocycles. The van der Waals surface area contributed by atoms with Crippen LogP contribution < -0.4 is 0 Å². The van der Waals surface area contributed by atoms with Crippen molar-refractivity contribution in [3.63, 3.8) is 0 Å². The van der Waals surface area contributed by atoms with E-state index in [1.165, 1.54) is 0 Å². The zero-order chi connectivity index (χ0) is 18.4. The van der Waals surface area contributed by atoms with Crippen LogP contribution in [0.5, 0.6) is 0 Å². The number of fused-ring (bicyclic) bond motifs is 2. The molecular weight excluding hydrogens is 340 g/mol. The number of pyridine rings is 1. The van der Waals surface area contributed by atoms with E-state index >= 15 is 0 Å². The average molecular weight is 360 g/mol. The third kappa shape index (κ3) is 2.66. The Morgan fingerprint density at radius 3 is 2.85 bits per heavy atom. The second-order valence-electron chi connectivity index (χ2n) is 7.17. The number of H-pyrrole nitrogens is 1. The van der Waals surface area contributed by atoms with Crippen molar-refractivity contribution in [1.82, 2.24) is 29.7 Å². The highest BCUT2D eigenvalue weighted by Gasteiger charge is 2.29. The molecule has 0 aliphatic carbocycles. The first-order valence-electron chi connectivity index (χ1n) is 9.24. The van der Waals surface area contributed by atoms with Crippen molar-refractivity contribution >= 4 is 22.5 Å². The highest BCUT2D eigenvalue weighted by Crippen LogP contribution is 2.28. The summed E-state index contributed by atoms with van der Waals surface area (Å²) in [4.78, 5) is 14.9. The number of likely N-dealkylation sites (tertiary alicyclic amines) is 1. The van der Waals surface area contributed by atoms with E-state index in [0.29, 0.717) is 24.7 Å². The number of amides is 1. The highest BCUT2D eigenvalue weighted by atomic mass is 16.2. The van der Waals surface area contributed by atoms with Crippen LogP contribution in [0.2, 0.25) is 0 Å². The topological polar surface area (TPSA) is 79.2 Å². The maximum absolute atomic E-state index is 13.0. The molecule has 1 aromatic carbocycles. The van der Waals surface area contributed by atoms with E-state index in [-0.39, 0.29) is 5.91 Å². The van der Waals surface area contributed by atoms with Gasteiger partial charge in [-0.3, -0.25) is 14.3 Å². The molecule has 4 aromatic rings. The summed E-state index contributed by atoms with van der Waals surface area (Å²) in [6.45, 7) is 3.42. The molecule has 0 radical (unpaired) electrons. The van der Waals surface area contributed by atoms with Gasteiger partial charge < -0.3 is 4.90 Å². The second kappa shape index (κ2) is 6.19. The Hall–Kier alpha value is -3.22. The van der Waals surface area contributed by atoms with E-state index in [1.54, 1.807) is 0 Å². The highest BCUT2D eigenvalue weighted by molar-refractivity contribution is 6.04. The standard InChI is InChI=1S/C20H20N6O/c1-13-5-6-16-15(12-13)18(23-21-16)20(27)25-10-7-14(8-11-25)19-24-22-17-4-2-3-9-26(17)19/h2-6,9,12,14H,7-8,10-11H2,1H3,(H,21,23). The van der Waals surface area contributed by atoms with E-state index in [1.807, 2.05) is 58.8 Å². The predicted octanol–water partition coefficient (Wildman–Crippen LogP) is 2.93. The smallest absolute Gasteiger partial charge is 0.274 e. The molecule has 0 saturated carbocycles. The summed E-state index contributed by atoms with van der Waals surface area (Å²) in [5.74, 6) is 1.29. The summed E-state index contributed by atoms with van der Waals surface area (Å²) < 4.78 is 2.05. The summed E-state index contributed by atoms with van der Waals surface area (Å²) in [6.07, 6.45) is 3.76. The normalized spacial score (nSPS) is 15.7. The van der Waals surface area contributed by atoms with Crippen molar-refractivity contribution in [1.29, 1.82) is 0 Å². The maximum atomic E-state index is 13.0. The Balaban J connectivity index is 1.35. The van der Waals surface area contributed by atoms with Crippen LogP contribution in [0.15, 0.2) is 42.6 Å². The SMILES string of the molecule is Cc1ccc2[nH]nc(C(=O)N3CCC(c4nnc5ccccn45)CC3)c2c1. The van der Waals surface area contributed by atoms with Crippen molar-refractivity contribution < 1.29 is 4.79 Å². The zero-order valence-electron chi connectivity index (χ0n) is 15.1. The van der Waals surface area contributed by atoms with Crippen LogP contribution in [0.3, 0.4) is 0 Å². The number of rotatable bonds is 2. The number of nitrogens with one attached hydrogen (secondary N) is 1. The largest absolute Gasteiger partial charge is 0.337 e. The van der Waals surface area contributed by atoms with E-state index in [2.05, 4.69) is 20.4 Å². The van der Waals surface area contributed by atoms with Gasteiger partial charge in [0.1, 0.15) is 5.82 Å². The van der Waals surface area contributed by atoms with Crippen LogP contribution in [0.4, 0.5) is 0 Å². The first kappa shape index (κ1) is 16.0. The average Bonchev–Trinajstić information content (AvgIpc) is 3.31. The number of carbonyl (C=O) groups excluding carboxylic acids is 1. The molecule has 5 rings (SSSR count). The number of piperidine rings is 1. The Morgan fingerprint density at radius 2 is 2.00 bits per heavy atom. The van der Waals surface area contributed by atoms with Gasteiger partial charge in [-0.15, -0.1) is 10.2 Å². The molecule has 136 valence electrons. The quantitative estimate of drug-likeness (QED) is 0.596. The van der Waals surface area contributed by atoms with Crippen molar-refractivity contribution in [3.8, 4) is 0 Å². The summed E-state index contributed by atoms with van der Waals surface area (Å²) in [5.41, 5.74) is 3.40. The molecule has 1 aliphatic rings. The van der Waals surface area contributed by atoms with Crippen molar-refractivity contribution in [2.75, 3.05) is 13.1 Å². The molecule has 1 fully saturated rings. The zero-order valence-corrected chi connectivity index (χ0v) is 15.1. The van der Waals surface area contributed by atoms with Gasteiger partial charge in [0.25, 0.3) is 5.91 Å². The first-order valence-corrected chi connectivity index (χ1v) is 9.24. The van der Waals surface area contributed by atoms with E-state index < -0.39 is 0 Å². The van der Waals surface area contributed by atoms with E-state index in [4.69, 9.17) is 0 Å². The van der Waals surface area contributed by atoms with Crippen LogP contribution in [0, 0.1) is 6.92 Å². The van der Waals surface area contributed by atoms with Crippen molar-refractivity contribution in [3.05, 3.63) is 59.7 Å². The number of carbonyl (C=O) groups is 1. The Bertz CT molecular complexity index is 1140. The van der Waals surface area contributed by atoms with E-state index in [0.717, 1.165) is 40.8 Å². The third-order valence-corrected chi connectivity index (χ3v) is 5.41. The Labute approximate surface area is 156 Å². The molecule has 1 amide bonds. The van der Waals surface area contributed by atoms with Gasteiger partial charge in [0.15, 0.2) is 11.3 Å². The first-order chi connectivity index (χ1) is 13.2. The minimum Gasteiger partial charge on any atom is -0.337 e. The van der Waals surface area contributed by atoms with E-state index in [9.17, 15) is 4.79 Å². The molecule has 0 spiro atoms. The Morgan fingerprint density at radius 1 is 1.15 bits per heavy atom. The van der Waals surface area contributed by atoms with Crippen molar-refractivity contribution in [2.24, 2.45) is 0 Å². The molecule has 4 heterocycles. The van der Waals surface area contributed by atoms with Crippen LogP contribution in [0.1, 0.15) is 40.6 Å². The fourth-order valence-electron chi connectivity index (χ4n) is 3.92. The van der Waals surface area contributed by atoms with Gasteiger partial charge in [-0.2, -0.15) is 5.10 Å². The monoisotopic (exact) mass is 360 g/mol. The number of nitrogens with zero attached hydrogens (tertiary/aromatic N) is 5. The minimum absolute atomic E-state index is 0.00333. The Kier molecular flexibility index (Phi) is 3.67. The summed E-state index contributed by atoms with van der Waals surface area (Å²) >= 11 is 0. The molecule has 3 aromatic heterocycles. The number of benzene rings is 1. The van der Waals surface area contributed by atoms with Gasteiger partial charge in [0.05, 0.1) is 5.52 Å². The fraction of sp³-hybridized carbons (Fsp3) is 0.300. The number of hydrogen-bond acceptors (Lipinski definition) is 4. The molecule has 0 bridgehead atoms. The van der Waals surface area contributed by atoms with Gasteiger partial charge in [0.2, 0.25) is 0 Å². The van der Waals surface area contributed by atoms with Crippen LogP contribution >= 0.6 is 0 Å². The molecule has 7 nitrogen and oxygen atoms in total. The summed E-state index contributed by atoms with van der Waals surface area (Å²) in [7, 11) is 0. The van der Waals surface area contributed by atoms with Gasteiger partial charge in [-0.05, 0) is 44.0 Å².